The number of rotatable bonds is 9. The Morgan fingerprint density at radius 3 is 2.53 bits per heavy atom. The van der Waals surface area contributed by atoms with E-state index in [1.807, 2.05) is 11.4 Å². The number of fused-ring (bicyclic) bond motifs is 1. The van der Waals surface area contributed by atoms with Crippen molar-refractivity contribution in [1.82, 2.24) is 18.9 Å². The first-order valence-corrected chi connectivity index (χ1v) is 14.0. The molecular weight excluding hydrogens is 577 g/mol. The number of benzene rings is 3. The zero-order chi connectivity index (χ0) is 30.1. The summed E-state index contributed by atoms with van der Waals surface area (Å²) >= 11 is 1.27. The summed E-state index contributed by atoms with van der Waals surface area (Å²) in [5.74, 6) is -2.28. The average molecular weight is 601 g/mol. The Kier molecular flexibility index (Phi) is 7.64. The van der Waals surface area contributed by atoms with E-state index in [-0.39, 0.29) is 47.8 Å². The lowest BCUT2D eigenvalue weighted by atomic mass is 10.0. The van der Waals surface area contributed by atoms with Crippen molar-refractivity contribution < 1.29 is 27.8 Å². The van der Waals surface area contributed by atoms with E-state index in [9.17, 15) is 14.3 Å². The number of aromatic nitrogens is 4. The second-order valence-electron chi connectivity index (χ2n) is 9.96. The van der Waals surface area contributed by atoms with Gasteiger partial charge in [-0.05, 0) is 78.1 Å². The second kappa shape index (κ2) is 11.7. The molecule has 0 unspecified atom stereocenters. The Hall–Kier alpha value is -5.03. The van der Waals surface area contributed by atoms with E-state index >= 15 is 8.78 Å². The molecule has 0 amide bonds. The Labute approximate surface area is 248 Å². The van der Waals surface area contributed by atoms with Crippen molar-refractivity contribution >= 4 is 28.5 Å². The molecular formula is C32H23F3N4O3S. The minimum Gasteiger partial charge on any atom is -0.478 e. The highest BCUT2D eigenvalue weighted by atomic mass is 32.1. The van der Waals surface area contributed by atoms with Gasteiger partial charge in [-0.1, -0.05) is 18.2 Å². The Morgan fingerprint density at radius 1 is 0.930 bits per heavy atom. The van der Waals surface area contributed by atoms with Crippen LogP contribution in [0.2, 0.25) is 0 Å². The van der Waals surface area contributed by atoms with E-state index in [0.717, 1.165) is 23.4 Å². The predicted octanol–water partition coefficient (Wildman–Crippen LogP) is 7.20. The van der Waals surface area contributed by atoms with E-state index in [0.29, 0.717) is 22.4 Å². The fourth-order valence-corrected chi connectivity index (χ4v) is 5.29. The van der Waals surface area contributed by atoms with E-state index in [2.05, 4.69) is 14.3 Å². The number of ether oxygens (including phenoxy) is 1. The second-order valence-corrected chi connectivity index (χ2v) is 10.6. The van der Waals surface area contributed by atoms with Crippen LogP contribution in [0, 0.1) is 24.4 Å². The van der Waals surface area contributed by atoms with Gasteiger partial charge in [0.05, 0.1) is 34.5 Å². The van der Waals surface area contributed by atoms with Crippen molar-refractivity contribution in [3.63, 3.8) is 0 Å². The Bertz CT molecular complexity index is 1980. The van der Waals surface area contributed by atoms with Crippen LogP contribution in [0.15, 0.2) is 78.2 Å². The molecule has 43 heavy (non-hydrogen) atoms. The summed E-state index contributed by atoms with van der Waals surface area (Å²) in [7, 11) is 0. The van der Waals surface area contributed by atoms with Crippen LogP contribution in [-0.4, -0.2) is 30.0 Å². The fraction of sp³-hybridized carbons (Fsp3) is 0.125. The van der Waals surface area contributed by atoms with Gasteiger partial charge in [-0.3, -0.25) is 0 Å². The van der Waals surface area contributed by atoms with Crippen molar-refractivity contribution in [2.75, 3.05) is 0 Å². The monoisotopic (exact) mass is 600 g/mol. The van der Waals surface area contributed by atoms with Gasteiger partial charge < -0.3 is 14.4 Å². The third-order valence-corrected chi connectivity index (χ3v) is 7.55. The topological polar surface area (TPSA) is 90.1 Å². The first-order valence-electron chi connectivity index (χ1n) is 13.2. The summed E-state index contributed by atoms with van der Waals surface area (Å²) in [6.45, 7) is 1.99. The maximum atomic E-state index is 15.5. The van der Waals surface area contributed by atoms with Crippen LogP contribution in [0.4, 0.5) is 13.2 Å². The molecule has 3 heterocycles. The molecule has 0 saturated carbocycles. The molecule has 0 aliphatic heterocycles. The van der Waals surface area contributed by atoms with Gasteiger partial charge >= 0.3 is 5.97 Å². The molecule has 0 radical (unpaired) electrons. The predicted molar refractivity (Wildman–Crippen MR) is 156 cm³/mol. The van der Waals surface area contributed by atoms with E-state index in [4.69, 9.17) is 4.74 Å². The van der Waals surface area contributed by atoms with Gasteiger partial charge in [-0.2, -0.15) is 4.37 Å². The minimum absolute atomic E-state index is 0.0526. The first kappa shape index (κ1) is 28.1. The van der Waals surface area contributed by atoms with E-state index in [1.54, 1.807) is 41.8 Å². The van der Waals surface area contributed by atoms with Gasteiger partial charge in [0.25, 0.3) is 0 Å². The van der Waals surface area contributed by atoms with Crippen LogP contribution in [0.5, 0.6) is 5.88 Å². The number of pyridine rings is 1. The van der Waals surface area contributed by atoms with Gasteiger partial charge in [0.15, 0.2) is 0 Å². The van der Waals surface area contributed by atoms with Crippen molar-refractivity contribution in [3.05, 3.63) is 129 Å². The van der Waals surface area contributed by atoms with Crippen LogP contribution < -0.4 is 4.74 Å². The minimum atomic E-state index is -1.08. The van der Waals surface area contributed by atoms with Crippen molar-refractivity contribution in [3.8, 4) is 17.1 Å². The third kappa shape index (κ3) is 5.98. The highest BCUT2D eigenvalue weighted by Crippen LogP contribution is 2.29. The SMILES string of the molecule is Cc1ccc(COc2cccc(-c3cc(F)c(Cc4nc5ccc(C(=O)O)cc5n4Cc4ccsn4)cc3F)n2)c(F)c1. The molecule has 0 saturated heterocycles. The lowest BCUT2D eigenvalue weighted by Gasteiger charge is -2.12. The molecule has 3 aromatic heterocycles. The highest BCUT2D eigenvalue weighted by Gasteiger charge is 2.19. The van der Waals surface area contributed by atoms with Crippen LogP contribution >= 0.6 is 11.5 Å². The number of aryl methyl sites for hydroxylation is 1. The van der Waals surface area contributed by atoms with Crippen LogP contribution in [-0.2, 0) is 19.6 Å². The maximum absolute atomic E-state index is 15.5. The van der Waals surface area contributed by atoms with Gasteiger partial charge in [-0.25, -0.2) is 27.9 Å². The number of hydrogen-bond donors (Lipinski definition) is 1. The zero-order valence-corrected chi connectivity index (χ0v) is 23.5. The summed E-state index contributed by atoms with van der Waals surface area (Å²) < 4.78 is 56.9. The summed E-state index contributed by atoms with van der Waals surface area (Å²) in [6.07, 6.45) is -0.0526. The number of carboxylic acid groups (broad SMARTS) is 1. The summed E-state index contributed by atoms with van der Waals surface area (Å²) in [5.41, 5.74) is 3.18. The normalized spacial score (nSPS) is 11.3. The summed E-state index contributed by atoms with van der Waals surface area (Å²) in [6, 6.07) is 18.1. The maximum Gasteiger partial charge on any atom is 0.335 e. The molecule has 6 rings (SSSR count). The molecule has 0 spiro atoms. The number of hydrogen-bond acceptors (Lipinski definition) is 6. The van der Waals surface area contributed by atoms with Crippen molar-refractivity contribution in [1.29, 1.82) is 0 Å². The molecule has 0 atom stereocenters. The van der Waals surface area contributed by atoms with Crippen LogP contribution in [0.1, 0.15) is 38.6 Å². The third-order valence-electron chi connectivity index (χ3n) is 6.95. The smallest absolute Gasteiger partial charge is 0.335 e. The Morgan fingerprint density at radius 2 is 1.77 bits per heavy atom. The average Bonchev–Trinajstić information content (AvgIpc) is 3.62. The first-order chi connectivity index (χ1) is 20.7. The molecule has 7 nitrogen and oxygen atoms in total. The van der Waals surface area contributed by atoms with Crippen molar-refractivity contribution in [2.24, 2.45) is 0 Å². The van der Waals surface area contributed by atoms with Crippen LogP contribution in [0.25, 0.3) is 22.3 Å². The number of nitrogens with zero attached hydrogens (tertiary/aromatic N) is 4. The van der Waals surface area contributed by atoms with Crippen molar-refractivity contribution in [2.45, 2.75) is 26.5 Å². The van der Waals surface area contributed by atoms with Gasteiger partial charge in [0, 0.05) is 29.0 Å². The molecule has 3 aromatic carbocycles. The standard InChI is InChI=1S/C32H23F3N4O3S/c1-18-5-6-20(24(33)11-18)17-42-31-4-2-3-27(37-31)23-15-25(34)21(12-26(23)35)14-30-36-28-8-7-19(32(40)41)13-29(28)39(30)16-22-9-10-43-38-22/h2-13,15H,14,16-17H2,1H3,(H,40,41). The largest absolute Gasteiger partial charge is 0.478 e. The fourth-order valence-electron chi connectivity index (χ4n) is 4.75. The van der Waals surface area contributed by atoms with E-state index in [1.165, 1.54) is 35.8 Å². The molecule has 0 bridgehead atoms. The lowest BCUT2D eigenvalue weighted by molar-refractivity contribution is 0.0697. The molecule has 0 aliphatic carbocycles. The molecule has 1 N–H and O–H groups in total. The van der Waals surface area contributed by atoms with Crippen LogP contribution in [0.3, 0.4) is 0 Å². The van der Waals surface area contributed by atoms with Gasteiger partial charge in [0.1, 0.15) is 29.9 Å². The molecule has 0 aliphatic rings. The zero-order valence-electron chi connectivity index (χ0n) is 22.7. The Balaban J connectivity index is 1.29. The van der Waals surface area contributed by atoms with E-state index < -0.39 is 23.4 Å². The lowest BCUT2D eigenvalue weighted by Crippen LogP contribution is -2.08. The molecule has 216 valence electrons. The highest BCUT2D eigenvalue weighted by molar-refractivity contribution is 7.03. The quantitative estimate of drug-likeness (QED) is 0.189. The number of aromatic carboxylic acids is 1. The van der Waals surface area contributed by atoms with Gasteiger partial charge in [0.2, 0.25) is 5.88 Å². The molecule has 0 fully saturated rings. The molecule has 11 heteroatoms. The number of halogens is 3. The number of carboxylic acids is 1. The van der Waals surface area contributed by atoms with Gasteiger partial charge in [-0.15, -0.1) is 0 Å². The molecule has 6 aromatic rings. The summed E-state index contributed by atoms with van der Waals surface area (Å²) in [5, 5.41) is 11.3. The number of imidazole rings is 1. The number of carbonyl (C=O) groups is 1. The summed E-state index contributed by atoms with van der Waals surface area (Å²) in [4.78, 5) is 20.5.